The Balaban J connectivity index is 1.03. The van der Waals surface area contributed by atoms with Crippen LogP contribution in [-0.4, -0.2) is 73.8 Å². The molecule has 2 N–H and O–H groups in total. The lowest BCUT2D eigenvalue weighted by atomic mass is 9.73. The largest absolute Gasteiger partial charge is 0.444 e. The lowest BCUT2D eigenvalue weighted by molar-refractivity contribution is -0.0453. The molecule has 2 aliphatic heterocycles. The van der Waals surface area contributed by atoms with Crippen LogP contribution in [0.1, 0.15) is 82.1 Å². The van der Waals surface area contributed by atoms with Crippen molar-refractivity contribution in [1.29, 1.82) is 0 Å². The molecule has 6 rings (SSSR count). The molecule has 2 aliphatic rings. The van der Waals surface area contributed by atoms with Gasteiger partial charge >= 0.3 is 17.9 Å². The number of amides is 2. The Labute approximate surface area is 280 Å². The van der Waals surface area contributed by atoms with Gasteiger partial charge < -0.3 is 29.7 Å². The summed E-state index contributed by atoms with van der Waals surface area (Å²) in [6, 6.07) is 11.6. The van der Waals surface area contributed by atoms with E-state index in [1.807, 2.05) is 98.0 Å². The summed E-state index contributed by atoms with van der Waals surface area (Å²) < 4.78 is 10.7. The summed E-state index contributed by atoms with van der Waals surface area (Å²) in [6.07, 6.45) is 3.13. The van der Waals surface area contributed by atoms with Crippen LogP contribution in [0.5, 0.6) is 0 Å². The van der Waals surface area contributed by atoms with Crippen LogP contribution in [0.2, 0.25) is 0 Å². The van der Waals surface area contributed by atoms with Crippen LogP contribution < -0.4 is 15.5 Å². The zero-order valence-corrected chi connectivity index (χ0v) is 28.8. The van der Waals surface area contributed by atoms with Crippen molar-refractivity contribution in [3.8, 4) is 11.3 Å². The summed E-state index contributed by atoms with van der Waals surface area (Å²) >= 11 is 0. The van der Waals surface area contributed by atoms with Crippen molar-refractivity contribution in [1.82, 2.24) is 35.3 Å². The molecular weight excluding hydrogens is 610 g/mol. The fraction of sp³-hybridized carbons (Fsp3) is 0.457. The van der Waals surface area contributed by atoms with Gasteiger partial charge in [0.25, 0.3) is 0 Å². The van der Waals surface area contributed by atoms with Crippen molar-refractivity contribution < 1.29 is 18.8 Å². The average molecular weight is 654 g/mol. The summed E-state index contributed by atoms with van der Waals surface area (Å²) in [5.74, 6) is 1.31. The second-order valence-corrected chi connectivity index (χ2v) is 14.9. The van der Waals surface area contributed by atoms with E-state index < -0.39 is 11.5 Å². The SMILES string of the molecule is Cc1cc(-c2cc(Nc3ccc(N4CC5(CN(C(=O)OC(C)(C)C)C5)C4)cn3)ncn2)ccc1[C@@H](C)NC(=O)c1nc(C(C)(C)C)no1. The quantitative estimate of drug-likeness (QED) is 0.248. The van der Waals surface area contributed by atoms with E-state index in [-0.39, 0.29) is 28.9 Å². The molecule has 0 unspecified atom stereocenters. The monoisotopic (exact) mass is 653 g/mol. The van der Waals surface area contributed by atoms with Crippen molar-refractivity contribution in [2.45, 2.75) is 72.4 Å². The third kappa shape index (κ3) is 7.09. The number of carbonyl (C=O) groups is 2. The molecule has 0 bridgehead atoms. The Hall–Kier alpha value is -5.07. The van der Waals surface area contributed by atoms with Gasteiger partial charge in [-0.1, -0.05) is 38.1 Å². The molecule has 3 aromatic heterocycles. The van der Waals surface area contributed by atoms with E-state index in [1.54, 1.807) is 4.90 Å². The van der Waals surface area contributed by atoms with E-state index in [1.165, 1.54) is 6.33 Å². The number of nitrogens with zero attached hydrogens (tertiary/aromatic N) is 7. The average Bonchev–Trinajstić information content (AvgIpc) is 3.47. The highest BCUT2D eigenvalue weighted by atomic mass is 16.6. The maximum Gasteiger partial charge on any atom is 0.410 e. The molecule has 13 heteroatoms. The molecule has 1 atom stereocenters. The number of hydrogen-bond acceptors (Lipinski definition) is 11. The van der Waals surface area contributed by atoms with Gasteiger partial charge in [0.1, 0.15) is 23.6 Å². The maximum atomic E-state index is 12.8. The van der Waals surface area contributed by atoms with E-state index >= 15 is 0 Å². The number of likely N-dealkylation sites (tertiary alicyclic amines) is 1. The van der Waals surface area contributed by atoms with Crippen molar-refractivity contribution >= 4 is 29.3 Å². The van der Waals surface area contributed by atoms with Gasteiger partial charge in [-0.25, -0.2) is 19.7 Å². The molecular formula is C35H43N9O4. The topological polar surface area (TPSA) is 152 Å². The minimum atomic E-state index is -0.485. The van der Waals surface area contributed by atoms with E-state index in [9.17, 15) is 9.59 Å². The van der Waals surface area contributed by atoms with Gasteiger partial charge in [0.15, 0.2) is 5.82 Å². The van der Waals surface area contributed by atoms with Crippen molar-refractivity contribution in [2.75, 3.05) is 36.4 Å². The van der Waals surface area contributed by atoms with Gasteiger partial charge in [0.05, 0.1) is 23.6 Å². The molecule has 2 amide bonds. The predicted octanol–water partition coefficient (Wildman–Crippen LogP) is 5.82. The predicted molar refractivity (Wildman–Crippen MR) is 181 cm³/mol. The highest BCUT2D eigenvalue weighted by Crippen LogP contribution is 2.42. The number of anilines is 3. The lowest BCUT2D eigenvalue weighted by Gasteiger charge is -2.60. The van der Waals surface area contributed by atoms with Gasteiger partial charge in [-0.15, -0.1) is 0 Å². The number of aromatic nitrogens is 5. The van der Waals surface area contributed by atoms with E-state index in [4.69, 9.17) is 9.26 Å². The molecule has 48 heavy (non-hydrogen) atoms. The standard InChI is InChI=1S/C35H43N9O4/c1-21-13-23(9-11-25(21)22(2)39-29(45)30-41-31(42-48-30)33(3,4)5)26-14-28(38-20-37-26)40-27-12-10-24(15-36-27)43-16-35(17-43)18-44(19-35)32(46)47-34(6,7)8/h9-15,20,22H,16-19H2,1-8H3,(H,39,45)(H,36,37,38,40)/t22-/m1/s1. The molecule has 4 aromatic rings. The number of hydrogen-bond donors (Lipinski definition) is 2. The van der Waals surface area contributed by atoms with Crippen molar-refractivity contribution in [3.05, 3.63) is 71.8 Å². The van der Waals surface area contributed by atoms with Crippen LogP contribution in [0, 0.1) is 12.3 Å². The molecule has 0 saturated carbocycles. The number of nitrogens with one attached hydrogen (secondary N) is 2. The molecule has 252 valence electrons. The van der Waals surface area contributed by atoms with E-state index in [0.717, 1.165) is 54.3 Å². The summed E-state index contributed by atoms with van der Waals surface area (Å²) in [5.41, 5.74) is 4.01. The van der Waals surface area contributed by atoms with Crippen LogP contribution >= 0.6 is 0 Å². The number of benzene rings is 1. The first kappa shape index (κ1) is 32.9. The zero-order chi connectivity index (χ0) is 34.4. The smallest absolute Gasteiger partial charge is 0.410 e. The maximum absolute atomic E-state index is 12.8. The van der Waals surface area contributed by atoms with Crippen LogP contribution in [-0.2, 0) is 10.2 Å². The number of aryl methyl sites for hydroxylation is 1. The minimum absolute atomic E-state index is 0.0537. The van der Waals surface area contributed by atoms with Gasteiger partial charge in [-0.05, 0) is 63.9 Å². The van der Waals surface area contributed by atoms with Crippen molar-refractivity contribution in [2.24, 2.45) is 5.41 Å². The van der Waals surface area contributed by atoms with Gasteiger partial charge in [0.2, 0.25) is 0 Å². The van der Waals surface area contributed by atoms with Gasteiger partial charge in [-0.3, -0.25) is 4.79 Å². The first-order chi connectivity index (χ1) is 22.6. The fourth-order valence-corrected chi connectivity index (χ4v) is 6.00. The van der Waals surface area contributed by atoms with Crippen LogP contribution in [0.4, 0.5) is 22.1 Å². The highest BCUT2D eigenvalue weighted by molar-refractivity contribution is 5.89. The molecule has 1 aromatic carbocycles. The summed E-state index contributed by atoms with van der Waals surface area (Å²) in [7, 11) is 0. The fourth-order valence-electron chi connectivity index (χ4n) is 6.00. The van der Waals surface area contributed by atoms with Gasteiger partial charge in [-0.2, -0.15) is 4.98 Å². The third-order valence-corrected chi connectivity index (χ3v) is 8.46. The lowest BCUT2D eigenvalue weighted by Crippen LogP contribution is -2.73. The number of pyridine rings is 1. The van der Waals surface area contributed by atoms with Crippen molar-refractivity contribution in [3.63, 3.8) is 0 Å². The van der Waals surface area contributed by atoms with E-state index in [0.29, 0.717) is 17.5 Å². The summed E-state index contributed by atoms with van der Waals surface area (Å²) in [6.45, 7) is 18.7. The molecule has 2 saturated heterocycles. The second kappa shape index (κ2) is 12.2. The molecule has 2 fully saturated rings. The molecule has 0 aliphatic carbocycles. The van der Waals surface area contributed by atoms with Crippen LogP contribution in [0.3, 0.4) is 0 Å². The Morgan fingerprint density at radius 1 is 0.958 bits per heavy atom. The second-order valence-electron chi connectivity index (χ2n) is 14.9. The highest BCUT2D eigenvalue weighted by Gasteiger charge is 2.54. The number of carbonyl (C=O) groups excluding carboxylic acids is 2. The Morgan fingerprint density at radius 2 is 1.71 bits per heavy atom. The van der Waals surface area contributed by atoms with E-state index in [2.05, 4.69) is 40.6 Å². The first-order valence-electron chi connectivity index (χ1n) is 16.1. The normalized spacial score (nSPS) is 16.2. The zero-order valence-electron chi connectivity index (χ0n) is 28.8. The van der Waals surface area contributed by atoms with Crippen LogP contribution in [0.15, 0.2) is 53.4 Å². The molecule has 1 spiro atoms. The number of rotatable bonds is 7. The number of ether oxygens (including phenoxy) is 1. The minimum Gasteiger partial charge on any atom is -0.444 e. The Bertz CT molecular complexity index is 1810. The summed E-state index contributed by atoms with van der Waals surface area (Å²) in [4.78, 5) is 46.9. The molecule has 5 heterocycles. The molecule has 0 radical (unpaired) electrons. The first-order valence-corrected chi connectivity index (χ1v) is 16.1. The van der Waals surface area contributed by atoms with Crippen LogP contribution in [0.25, 0.3) is 11.3 Å². The summed E-state index contributed by atoms with van der Waals surface area (Å²) in [5, 5.41) is 10.2. The Morgan fingerprint density at radius 3 is 2.33 bits per heavy atom. The van der Waals surface area contributed by atoms with Gasteiger partial charge in [0, 0.05) is 48.6 Å². The Kier molecular flexibility index (Phi) is 8.34. The molecule has 13 nitrogen and oxygen atoms in total. The third-order valence-electron chi connectivity index (χ3n) is 8.46.